The van der Waals surface area contributed by atoms with Crippen LogP contribution in [0.3, 0.4) is 0 Å². The molecule has 0 aromatic heterocycles. The monoisotopic (exact) mass is 539 g/mol. The second kappa shape index (κ2) is 11.7. The lowest BCUT2D eigenvalue weighted by atomic mass is 10.00. The van der Waals surface area contributed by atoms with E-state index in [1.807, 2.05) is 10.8 Å². The van der Waals surface area contributed by atoms with E-state index in [0.717, 1.165) is 6.92 Å². The first kappa shape index (κ1) is 27.4. The molecule has 37 heavy (non-hydrogen) atoms. The smallest absolute Gasteiger partial charge is 0.264 e. The molecule has 9 nitrogen and oxygen atoms in total. The first-order valence-corrected chi connectivity index (χ1v) is 12.7. The molecule has 0 fully saturated rings. The third-order valence-electron chi connectivity index (χ3n) is 5.08. The number of anilines is 1. The predicted octanol–water partition coefficient (Wildman–Crippen LogP) is 3.79. The first-order chi connectivity index (χ1) is 17.5. The van der Waals surface area contributed by atoms with Gasteiger partial charge in [0.2, 0.25) is 5.91 Å². The minimum Gasteiger partial charge on any atom is -0.483 e. The van der Waals surface area contributed by atoms with Crippen LogP contribution in [0.4, 0.5) is 5.69 Å². The average Bonchev–Trinajstić information content (AvgIpc) is 2.83. The number of nitriles is 1. The molecule has 0 atom stereocenters. The van der Waals surface area contributed by atoms with Crippen molar-refractivity contribution >= 4 is 44.9 Å². The number of hydrogen-bond donors (Lipinski definition) is 2. The van der Waals surface area contributed by atoms with E-state index in [4.69, 9.17) is 21.6 Å². The Morgan fingerprint density at radius 2 is 1.81 bits per heavy atom. The van der Waals surface area contributed by atoms with Gasteiger partial charge in [-0.15, -0.1) is 0 Å². The summed E-state index contributed by atoms with van der Waals surface area (Å²) in [6.45, 7) is 2.24. The summed E-state index contributed by atoms with van der Waals surface area (Å²) in [5, 5.41) is 11.8. The van der Waals surface area contributed by atoms with Crippen molar-refractivity contribution < 1.29 is 27.5 Å². The van der Waals surface area contributed by atoms with E-state index < -0.39 is 28.4 Å². The number of nitrogens with zero attached hydrogens (tertiary/aromatic N) is 1. The Balaban J connectivity index is 1.74. The summed E-state index contributed by atoms with van der Waals surface area (Å²) >= 11 is 6.09. The number of carbonyl (C=O) groups is 3. The molecule has 3 aromatic carbocycles. The van der Waals surface area contributed by atoms with E-state index >= 15 is 0 Å². The summed E-state index contributed by atoms with van der Waals surface area (Å²) < 4.78 is 31.8. The first-order valence-electron chi connectivity index (χ1n) is 10.9. The van der Waals surface area contributed by atoms with Crippen LogP contribution in [0.25, 0.3) is 0 Å². The summed E-state index contributed by atoms with van der Waals surface area (Å²) in [5.74, 6) is -1.51. The molecule has 0 radical (unpaired) electrons. The molecular weight excluding hydrogens is 518 g/mol. The highest BCUT2D eigenvalue weighted by Gasteiger charge is 2.19. The van der Waals surface area contributed by atoms with Gasteiger partial charge in [-0.05, 0) is 60.5 Å². The molecule has 0 spiro atoms. The SMILES string of the molecule is CC(=O)NS(=O)(=O)c1ccc(NC(=O)COc2ccc(Cl)cc2C(=O)c2cccc(CC#N)c2)c(C)c1. The number of hydrogen-bond acceptors (Lipinski definition) is 7. The van der Waals surface area contributed by atoms with Crippen LogP contribution in [0.2, 0.25) is 5.02 Å². The summed E-state index contributed by atoms with van der Waals surface area (Å²) in [5.41, 5.74) is 1.97. The van der Waals surface area contributed by atoms with Crippen LogP contribution in [0.1, 0.15) is 34.0 Å². The van der Waals surface area contributed by atoms with Gasteiger partial charge in [0.1, 0.15) is 5.75 Å². The zero-order valence-electron chi connectivity index (χ0n) is 19.9. The lowest BCUT2D eigenvalue weighted by Crippen LogP contribution is -2.28. The van der Waals surface area contributed by atoms with Gasteiger partial charge >= 0.3 is 0 Å². The van der Waals surface area contributed by atoms with E-state index in [0.29, 0.717) is 27.4 Å². The molecule has 3 rings (SSSR count). The van der Waals surface area contributed by atoms with E-state index in [1.54, 1.807) is 31.2 Å². The van der Waals surface area contributed by atoms with Gasteiger partial charge in [-0.1, -0.05) is 29.8 Å². The summed E-state index contributed by atoms with van der Waals surface area (Å²) in [6.07, 6.45) is 0.153. The molecule has 2 N–H and O–H groups in total. The van der Waals surface area contributed by atoms with E-state index in [9.17, 15) is 22.8 Å². The van der Waals surface area contributed by atoms with Crippen LogP contribution in [-0.2, 0) is 26.0 Å². The van der Waals surface area contributed by atoms with Crippen LogP contribution in [0, 0.1) is 18.3 Å². The minimum absolute atomic E-state index is 0.127. The second-order valence-electron chi connectivity index (χ2n) is 7.98. The summed E-state index contributed by atoms with van der Waals surface area (Å²) in [6, 6.07) is 17.1. The normalized spacial score (nSPS) is 10.8. The number of rotatable bonds is 9. The van der Waals surface area contributed by atoms with Gasteiger partial charge in [0, 0.05) is 23.2 Å². The van der Waals surface area contributed by atoms with Crippen molar-refractivity contribution in [1.82, 2.24) is 4.72 Å². The molecule has 0 aliphatic carbocycles. The van der Waals surface area contributed by atoms with Crippen LogP contribution in [-0.4, -0.2) is 32.6 Å². The van der Waals surface area contributed by atoms with Crippen LogP contribution in [0.15, 0.2) is 65.6 Å². The zero-order chi connectivity index (χ0) is 27.2. The lowest BCUT2D eigenvalue weighted by Gasteiger charge is -2.13. The Hall–Kier alpha value is -4.20. The molecule has 190 valence electrons. The summed E-state index contributed by atoms with van der Waals surface area (Å²) in [7, 11) is -4.01. The van der Waals surface area contributed by atoms with E-state index in [1.165, 1.54) is 36.4 Å². The molecule has 11 heteroatoms. The van der Waals surface area contributed by atoms with Crippen molar-refractivity contribution in [1.29, 1.82) is 5.26 Å². The third-order valence-corrected chi connectivity index (χ3v) is 6.74. The van der Waals surface area contributed by atoms with Gasteiger partial charge < -0.3 is 10.1 Å². The highest BCUT2D eigenvalue weighted by Crippen LogP contribution is 2.26. The number of ketones is 1. The highest BCUT2D eigenvalue weighted by atomic mass is 35.5. The topological polar surface area (TPSA) is 142 Å². The van der Waals surface area contributed by atoms with Gasteiger partial charge in [-0.2, -0.15) is 5.26 Å². The number of benzene rings is 3. The van der Waals surface area contributed by atoms with Crippen molar-refractivity contribution in [3.8, 4) is 11.8 Å². The van der Waals surface area contributed by atoms with Crippen molar-refractivity contribution in [2.24, 2.45) is 0 Å². The molecule has 0 unspecified atom stereocenters. The molecular formula is C26H22ClN3O6S. The van der Waals surface area contributed by atoms with Gasteiger partial charge in [-0.3, -0.25) is 14.4 Å². The Labute approximate surface area is 219 Å². The van der Waals surface area contributed by atoms with Gasteiger partial charge in [0.15, 0.2) is 12.4 Å². The molecule has 0 aliphatic rings. The number of carbonyl (C=O) groups excluding carboxylic acids is 3. The standard InChI is InChI=1S/C26H22ClN3O6S/c1-16-12-21(37(34,35)30-17(2)31)7-8-23(16)29-25(32)15-36-24-9-6-20(27)14-22(24)26(33)19-5-3-4-18(13-19)10-11-28/h3-9,12-14H,10,15H2,1-2H3,(H,29,32)(H,30,31). The molecule has 0 saturated carbocycles. The van der Waals surface area contributed by atoms with Crippen molar-refractivity contribution in [2.45, 2.75) is 25.2 Å². The average molecular weight is 540 g/mol. The Kier molecular flexibility index (Phi) is 8.65. The molecule has 0 aliphatic heterocycles. The minimum atomic E-state index is -4.01. The van der Waals surface area contributed by atoms with Gasteiger partial charge in [0.25, 0.3) is 15.9 Å². The quantitative estimate of drug-likeness (QED) is 0.394. The number of aryl methyl sites for hydroxylation is 1. The van der Waals surface area contributed by atoms with E-state index in [-0.39, 0.29) is 28.4 Å². The number of halogens is 1. The maximum absolute atomic E-state index is 13.1. The number of amides is 2. The predicted molar refractivity (Wildman–Crippen MR) is 137 cm³/mol. The molecule has 0 heterocycles. The van der Waals surface area contributed by atoms with Crippen molar-refractivity contribution in [3.05, 3.63) is 87.9 Å². The van der Waals surface area contributed by atoms with Crippen LogP contribution < -0.4 is 14.8 Å². The summed E-state index contributed by atoms with van der Waals surface area (Å²) in [4.78, 5) is 36.7. The second-order valence-corrected chi connectivity index (χ2v) is 10.1. The highest BCUT2D eigenvalue weighted by molar-refractivity contribution is 7.90. The molecule has 0 bridgehead atoms. The third kappa shape index (κ3) is 7.16. The van der Waals surface area contributed by atoms with Crippen LogP contribution >= 0.6 is 11.6 Å². The Morgan fingerprint density at radius 3 is 2.49 bits per heavy atom. The van der Waals surface area contributed by atoms with Crippen molar-refractivity contribution in [3.63, 3.8) is 0 Å². The number of sulfonamides is 1. The Bertz CT molecular complexity index is 1530. The van der Waals surface area contributed by atoms with E-state index in [2.05, 4.69) is 5.32 Å². The maximum atomic E-state index is 13.1. The Morgan fingerprint density at radius 1 is 1.05 bits per heavy atom. The fourth-order valence-electron chi connectivity index (χ4n) is 3.40. The largest absolute Gasteiger partial charge is 0.483 e. The number of ether oxygens (including phenoxy) is 1. The fourth-order valence-corrected chi connectivity index (χ4v) is 4.64. The fraction of sp³-hybridized carbons (Fsp3) is 0.154. The molecule has 0 saturated heterocycles. The van der Waals surface area contributed by atoms with Gasteiger partial charge in [-0.25, -0.2) is 13.1 Å². The number of nitrogens with one attached hydrogen (secondary N) is 2. The van der Waals surface area contributed by atoms with Gasteiger partial charge in [0.05, 0.1) is 22.9 Å². The molecule has 2 amide bonds. The maximum Gasteiger partial charge on any atom is 0.264 e. The zero-order valence-corrected chi connectivity index (χ0v) is 21.4. The van der Waals surface area contributed by atoms with Crippen LogP contribution in [0.5, 0.6) is 5.75 Å². The van der Waals surface area contributed by atoms with Crippen molar-refractivity contribution in [2.75, 3.05) is 11.9 Å². The lowest BCUT2D eigenvalue weighted by molar-refractivity contribution is -0.118. The molecule has 3 aromatic rings.